The van der Waals surface area contributed by atoms with Gasteiger partial charge in [0.2, 0.25) is 0 Å². The van der Waals surface area contributed by atoms with Gasteiger partial charge in [0, 0.05) is 12.6 Å². The van der Waals surface area contributed by atoms with E-state index in [9.17, 15) is 4.39 Å². The van der Waals surface area contributed by atoms with E-state index in [1.807, 2.05) is 24.3 Å². The van der Waals surface area contributed by atoms with Crippen molar-refractivity contribution in [2.75, 3.05) is 11.9 Å². The molecule has 2 unspecified atom stereocenters. The Kier molecular flexibility index (Phi) is 4.36. The van der Waals surface area contributed by atoms with E-state index in [-0.39, 0.29) is 17.7 Å². The minimum absolute atomic E-state index is 0.0338. The van der Waals surface area contributed by atoms with Crippen molar-refractivity contribution in [2.24, 2.45) is 0 Å². The fraction of sp³-hybridized carbons (Fsp3) is 0.278. The van der Waals surface area contributed by atoms with Crippen LogP contribution in [0.25, 0.3) is 0 Å². The molecule has 0 spiro atoms. The molecule has 2 atom stereocenters. The van der Waals surface area contributed by atoms with Crippen LogP contribution in [-0.4, -0.2) is 12.6 Å². The molecule has 0 aliphatic carbocycles. The van der Waals surface area contributed by atoms with Crippen LogP contribution in [0, 0.1) is 17.1 Å². The number of hydrogen-bond donors (Lipinski definition) is 1. The number of ether oxygens (including phenoxy) is 1. The summed E-state index contributed by atoms with van der Waals surface area (Å²) in [5.41, 5.74) is 1.78. The zero-order valence-corrected chi connectivity index (χ0v) is 12.1. The van der Waals surface area contributed by atoms with Crippen LogP contribution in [0.2, 0.25) is 0 Å². The summed E-state index contributed by atoms with van der Waals surface area (Å²) in [6, 6.07) is 16.8. The Labute approximate surface area is 129 Å². The number of nitrogens with one attached hydrogen (secondary N) is 1. The monoisotopic (exact) mass is 296 g/mol. The molecule has 0 amide bonds. The van der Waals surface area contributed by atoms with Gasteiger partial charge in [-0.3, -0.25) is 0 Å². The summed E-state index contributed by atoms with van der Waals surface area (Å²) < 4.78 is 19.5. The Morgan fingerprint density at radius 3 is 2.73 bits per heavy atom. The van der Waals surface area contributed by atoms with Crippen molar-refractivity contribution in [3.8, 4) is 6.07 Å². The molecule has 0 radical (unpaired) electrons. The number of nitriles is 1. The van der Waals surface area contributed by atoms with Crippen LogP contribution in [-0.2, 0) is 4.74 Å². The molecule has 0 saturated carbocycles. The summed E-state index contributed by atoms with van der Waals surface area (Å²) in [5.74, 6) is -0.487. The maximum Gasteiger partial charge on any atom is 0.143 e. The van der Waals surface area contributed by atoms with Crippen molar-refractivity contribution in [2.45, 2.75) is 25.0 Å². The average Bonchev–Trinajstić information content (AvgIpc) is 2.56. The lowest BCUT2D eigenvalue weighted by atomic mass is 9.97. The molecular weight excluding hydrogens is 279 g/mol. The van der Waals surface area contributed by atoms with Gasteiger partial charge in [0.25, 0.3) is 0 Å². The van der Waals surface area contributed by atoms with Crippen LogP contribution >= 0.6 is 0 Å². The Balaban J connectivity index is 1.74. The summed E-state index contributed by atoms with van der Waals surface area (Å²) in [6.45, 7) is 0.647. The van der Waals surface area contributed by atoms with Crippen LogP contribution in [0.1, 0.15) is 30.1 Å². The summed E-state index contributed by atoms with van der Waals surface area (Å²) in [7, 11) is 0. The molecule has 0 bridgehead atoms. The largest absolute Gasteiger partial charge is 0.381 e. The summed E-state index contributed by atoms with van der Waals surface area (Å²) in [4.78, 5) is 0. The minimum atomic E-state index is -0.487. The molecule has 3 rings (SSSR count). The van der Waals surface area contributed by atoms with Crippen molar-refractivity contribution in [3.63, 3.8) is 0 Å². The highest BCUT2D eigenvalue weighted by molar-refractivity contribution is 5.58. The van der Waals surface area contributed by atoms with Gasteiger partial charge in [0.15, 0.2) is 0 Å². The van der Waals surface area contributed by atoms with E-state index in [0.29, 0.717) is 12.3 Å². The van der Waals surface area contributed by atoms with Gasteiger partial charge in [-0.05, 0) is 30.5 Å². The van der Waals surface area contributed by atoms with Gasteiger partial charge in [0.1, 0.15) is 17.4 Å². The molecular formula is C18H17FN2O. The summed E-state index contributed by atoms with van der Waals surface area (Å²) in [6.07, 6.45) is 1.67. The highest BCUT2D eigenvalue weighted by atomic mass is 19.1. The van der Waals surface area contributed by atoms with Crippen LogP contribution in [0.15, 0.2) is 48.5 Å². The SMILES string of the molecule is N#Cc1c(F)cccc1NC1CCOC(c2ccccc2)C1. The molecule has 1 saturated heterocycles. The Hall–Kier alpha value is -2.38. The highest BCUT2D eigenvalue weighted by Gasteiger charge is 2.24. The third-order valence-electron chi connectivity index (χ3n) is 3.94. The fourth-order valence-corrected chi connectivity index (χ4v) is 2.81. The number of hydrogen-bond acceptors (Lipinski definition) is 3. The van der Waals surface area contributed by atoms with Gasteiger partial charge < -0.3 is 10.1 Å². The molecule has 1 heterocycles. The van der Waals surface area contributed by atoms with Crippen molar-refractivity contribution in [3.05, 3.63) is 65.5 Å². The zero-order valence-electron chi connectivity index (χ0n) is 12.1. The standard InChI is InChI=1S/C18H17FN2O/c19-16-7-4-8-17(15(16)12-20)21-14-9-10-22-18(11-14)13-5-2-1-3-6-13/h1-8,14,18,21H,9-11H2. The van der Waals surface area contributed by atoms with Gasteiger partial charge >= 0.3 is 0 Å². The first-order valence-electron chi connectivity index (χ1n) is 7.39. The van der Waals surface area contributed by atoms with Gasteiger partial charge in [-0.2, -0.15) is 5.26 Å². The van der Waals surface area contributed by atoms with Crippen molar-refractivity contribution in [1.82, 2.24) is 0 Å². The van der Waals surface area contributed by atoms with Crippen LogP contribution < -0.4 is 5.32 Å². The van der Waals surface area contributed by atoms with Gasteiger partial charge in [-0.15, -0.1) is 0 Å². The molecule has 1 aliphatic heterocycles. The van der Waals surface area contributed by atoms with E-state index in [2.05, 4.69) is 17.4 Å². The van der Waals surface area contributed by atoms with Crippen molar-refractivity contribution >= 4 is 5.69 Å². The molecule has 1 fully saturated rings. The lowest BCUT2D eigenvalue weighted by molar-refractivity contribution is 0.00979. The van der Waals surface area contributed by atoms with Crippen LogP contribution in [0.3, 0.4) is 0 Å². The van der Waals surface area contributed by atoms with E-state index >= 15 is 0 Å². The topological polar surface area (TPSA) is 45.0 Å². The van der Waals surface area contributed by atoms with Crippen molar-refractivity contribution in [1.29, 1.82) is 5.26 Å². The van der Waals surface area contributed by atoms with Gasteiger partial charge in [-0.25, -0.2) is 4.39 Å². The second kappa shape index (κ2) is 6.59. The Morgan fingerprint density at radius 1 is 1.14 bits per heavy atom. The molecule has 2 aromatic carbocycles. The first kappa shape index (κ1) is 14.6. The van der Waals surface area contributed by atoms with Crippen molar-refractivity contribution < 1.29 is 9.13 Å². The van der Waals surface area contributed by atoms with Crippen LogP contribution in [0.5, 0.6) is 0 Å². The second-order valence-electron chi connectivity index (χ2n) is 5.41. The van der Waals surface area contributed by atoms with E-state index < -0.39 is 5.82 Å². The summed E-state index contributed by atoms with van der Waals surface area (Å²) in [5, 5.41) is 12.4. The van der Waals surface area contributed by atoms with Gasteiger partial charge in [-0.1, -0.05) is 36.4 Å². The predicted molar refractivity (Wildman–Crippen MR) is 82.9 cm³/mol. The minimum Gasteiger partial charge on any atom is -0.381 e. The number of anilines is 1. The van der Waals surface area contributed by atoms with E-state index in [1.54, 1.807) is 12.1 Å². The zero-order chi connectivity index (χ0) is 15.4. The number of halogens is 1. The quantitative estimate of drug-likeness (QED) is 0.930. The van der Waals surface area contributed by atoms with E-state index in [1.165, 1.54) is 6.07 Å². The molecule has 1 N–H and O–H groups in total. The summed E-state index contributed by atoms with van der Waals surface area (Å²) >= 11 is 0. The smallest absolute Gasteiger partial charge is 0.143 e. The number of benzene rings is 2. The molecule has 3 nitrogen and oxygen atoms in total. The Bertz CT molecular complexity index is 681. The second-order valence-corrected chi connectivity index (χ2v) is 5.41. The average molecular weight is 296 g/mol. The maximum atomic E-state index is 13.7. The fourth-order valence-electron chi connectivity index (χ4n) is 2.81. The predicted octanol–water partition coefficient (Wildman–Crippen LogP) is 4.03. The highest BCUT2D eigenvalue weighted by Crippen LogP contribution is 2.30. The molecule has 1 aliphatic rings. The van der Waals surface area contributed by atoms with E-state index in [0.717, 1.165) is 18.4 Å². The number of nitrogens with zero attached hydrogens (tertiary/aromatic N) is 1. The molecule has 112 valence electrons. The number of rotatable bonds is 3. The third kappa shape index (κ3) is 3.10. The molecule has 4 heteroatoms. The lowest BCUT2D eigenvalue weighted by Gasteiger charge is -2.31. The molecule has 2 aromatic rings. The van der Waals surface area contributed by atoms with E-state index in [4.69, 9.17) is 10.00 Å². The Morgan fingerprint density at radius 2 is 1.95 bits per heavy atom. The molecule has 0 aromatic heterocycles. The third-order valence-corrected chi connectivity index (χ3v) is 3.94. The molecule has 22 heavy (non-hydrogen) atoms. The maximum absolute atomic E-state index is 13.7. The van der Waals surface area contributed by atoms with Crippen LogP contribution in [0.4, 0.5) is 10.1 Å². The first-order valence-corrected chi connectivity index (χ1v) is 7.39. The normalized spacial score (nSPS) is 21.1. The first-order chi connectivity index (χ1) is 10.8. The van der Waals surface area contributed by atoms with Gasteiger partial charge in [0.05, 0.1) is 11.8 Å². The lowest BCUT2D eigenvalue weighted by Crippen LogP contribution is -2.30.